The lowest BCUT2D eigenvalue weighted by Crippen LogP contribution is -2.34. The van der Waals surface area contributed by atoms with Gasteiger partial charge in [0.1, 0.15) is 0 Å². The Kier molecular flexibility index (Phi) is 7.21. The second kappa shape index (κ2) is 9.38. The van der Waals surface area contributed by atoms with Gasteiger partial charge in [0, 0.05) is 35.2 Å². The van der Waals surface area contributed by atoms with Crippen molar-refractivity contribution in [1.82, 2.24) is 10.3 Å². The summed E-state index contributed by atoms with van der Waals surface area (Å²) in [5.41, 5.74) is 1.79. The van der Waals surface area contributed by atoms with E-state index in [2.05, 4.69) is 15.6 Å². The fraction of sp³-hybridized carbons (Fsp3) is 0.350. The first-order valence-electron chi connectivity index (χ1n) is 8.50. The quantitative estimate of drug-likeness (QED) is 0.725. The monoisotopic (exact) mass is 371 g/mol. The van der Waals surface area contributed by atoms with E-state index in [4.69, 9.17) is 0 Å². The first-order valence-corrected chi connectivity index (χ1v) is 9.49. The number of nitrogens with one attached hydrogen (secondary N) is 2. The van der Waals surface area contributed by atoms with Gasteiger partial charge in [-0.25, -0.2) is 0 Å². The first-order chi connectivity index (χ1) is 12.3. The summed E-state index contributed by atoms with van der Waals surface area (Å²) < 4.78 is 0. The van der Waals surface area contributed by atoms with Crippen molar-refractivity contribution in [2.45, 2.75) is 37.8 Å². The van der Waals surface area contributed by atoms with Gasteiger partial charge in [0.25, 0.3) is 0 Å². The standard InChI is InChI=1S/C20H25N3O2S/c1-20(2,3)11-18(24)22-13-19(25)23-16-6-8-17(9-7-16)26-14-15-5-4-10-21-12-15/h4-10,12H,11,13-14H2,1-3H3,(H,22,24)(H,23,25). The summed E-state index contributed by atoms with van der Waals surface area (Å²) in [5.74, 6) is 0.497. The molecule has 0 spiro atoms. The van der Waals surface area contributed by atoms with Gasteiger partial charge in [-0.2, -0.15) is 0 Å². The summed E-state index contributed by atoms with van der Waals surface area (Å²) in [4.78, 5) is 28.9. The van der Waals surface area contributed by atoms with Gasteiger partial charge in [0.2, 0.25) is 11.8 Å². The molecular weight excluding hydrogens is 346 g/mol. The number of hydrogen-bond donors (Lipinski definition) is 2. The van der Waals surface area contributed by atoms with Gasteiger partial charge >= 0.3 is 0 Å². The number of benzene rings is 1. The van der Waals surface area contributed by atoms with Crippen molar-refractivity contribution in [3.05, 3.63) is 54.4 Å². The van der Waals surface area contributed by atoms with E-state index in [0.717, 1.165) is 10.6 Å². The lowest BCUT2D eigenvalue weighted by atomic mass is 9.92. The van der Waals surface area contributed by atoms with Crippen molar-refractivity contribution in [1.29, 1.82) is 0 Å². The number of nitrogens with zero attached hydrogens (tertiary/aromatic N) is 1. The van der Waals surface area contributed by atoms with Crippen LogP contribution in [0.2, 0.25) is 0 Å². The van der Waals surface area contributed by atoms with Crippen molar-refractivity contribution in [3.63, 3.8) is 0 Å². The molecular formula is C20H25N3O2S. The number of carbonyl (C=O) groups excluding carboxylic acids is 2. The van der Waals surface area contributed by atoms with E-state index >= 15 is 0 Å². The number of anilines is 1. The third-order valence-corrected chi connectivity index (χ3v) is 4.49. The highest BCUT2D eigenvalue weighted by molar-refractivity contribution is 7.98. The highest BCUT2D eigenvalue weighted by Gasteiger charge is 2.16. The zero-order valence-electron chi connectivity index (χ0n) is 15.4. The number of rotatable bonds is 7. The third-order valence-electron chi connectivity index (χ3n) is 3.40. The Balaban J connectivity index is 1.76. The maximum absolute atomic E-state index is 11.9. The largest absolute Gasteiger partial charge is 0.347 e. The van der Waals surface area contributed by atoms with Crippen molar-refractivity contribution in [2.75, 3.05) is 11.9 Å². The number of carbonyl (C=O) groups is 2. The molecule has 2 amide bonds. The SMILES string of the molecule is CC(C)(C)CC(=O)NCC(=O)Nc1ccc(SCc2cccnc2)cc1. The topological polar surface area (TPSA) is 71.1 Å². The molecule has 0 bridgehead atoms. The van der Waals surface area contributed by atoms with Crippen molar-refractivity contribution >= 4 is 29.3 Å². The average molecular weight is 372 g/mol. The molecule has 0 saturated heterocycles. The van der Waals surface area contributed by atoms with Crippen LogP contribution in [0.5, 0.6) is 0 Å². The van der Waals surface area contributed by atoms with Crippen LogP contribution >= 0.6 is 11.8 Å². The van der Waals surface area contributed by atoms with Gasteiger partial charge in [-0.05, 0) is 41.3 Å². The number of thioether (sulfide) groups is 1. The summed E-state index contributed by atoms with van der Waals surface area (Å²) in [6, 6.07) is 11.6. The van der Waals surface area contributed by atoms with Crippen LogP contribution < -0.4 is 10.6 Å². The molecule has 0 unspecified atom stereocenters. The molecule has 26 heavy (non-hydrogen) atoms. The van der Waals surface area contributed by atoms with Crippen LogP contribution in [-0.4, -0.2) is 23.3 Å². The fourth-order valence-corrected chi connectivity index (χ4v) is 3.05. The maximum atomic E-state index is 11.9. The van der Waals surface area contributed by atoms with Crippen molar-refractivity contribution in [2.24, 2.45) is 5.41 Å². The van der Waals surface area contributed by atoms with E-state index in [-0.39, 0.29) is 23.8 Å². The smallest absolute Gasteiger partial charge is 0.243 e. The van der Waals surface area contributed by atoms with Crippen LogP contribution in [0.1, 0.15) is 32.8 Å². The molecule has 0 atom stereocenters. The molecule has 2 N–H and O–H groups in total. The Morgan fingerprint density at radius 2 is 1.81 bits per heavy atom. The number of pyridine rings is 1. The van der Waals surface area contributed by atoms with Crippen LogP contribution in [0, 0.1) is 5.41 Å². The van der Waals surface area contributed by atoms with Gasteiger partial charge in [-0.1, -0.05) is 26.8 Å². The van der Waals surface area contributed by atoms with Crippen LogP contribution in [-0.2, 0) is 15.3 Å². The van der Waals surface area contributed by atoms with Gasteiger partial charge in [0.15, 0.2) is 0 Å². The maximum Gasteiger partial charge on any atom is 0.243 e. The lowest BCUT2D eigenvalue weighted by molar-refractivity contribution is -0.125. The Bertz CT molecular complexity index is 725. The Morgan fingerprint density at radius 1 is 1.08 bits per heavy atom. The Hall–Kier alpha value is -2.34. The van der Waals surface area contributed by atoms with Crippen molar-refractivity contribution in [3.8, 4) is 0 Å². The normalized spacial score (nSPS) is 11.0. The van der Waals surface area contributed by atoms with E-state index in [1.807, 2.05) is 63.4 Å². The van der Waals surface area contributed by atoms with Crippen molar-refractivity contribution < 1.29 is 9.59 Å². The minimum Gasteiger partial charge on any atom is -0.347 e. The van der Waals surface area contributed by atoms with E-state index in [0.29, 0.717) is 12.1 Å². The van der Waals surface area contributed by atoms with Gasteiger partial charge in [-0.3, -0.25) is 14.6 Å². The molecule has 1 aromatic carbocycles. The van der Waals surface area contributed by atoms with E-state index in [9.17, 15) is 9.59 Å². The summed E-state index contributed by atoms with van der Waals surface area (Å²) >= 11 is 1.71. The molecule has 5 nitrogen and oxygen atoms in total. The molecule has 0 aliphatic heterocycles. The second-order valence-corrected chi connectivity index (χ2v) is 8.29. The molecule has 0 fully saturated rings. The zero-order chi connectivity index (χ0) is 19.0. The lowest BCUT2D eigenvalue weighted by Gasteiger charge is -2.17. The average Bonchev–Trinajstić information content (AvgIpc) is 2.59. The Labute approximate surface area is 159 Å². The van der Waals surface area contributed by atoms with Crippen LogP contribution in [0.25, 0.3) is 0 Å². The fourth-order valence-electron chi connectivity index (χ4n) is 2.21. The predicted octanol–water partition coefficient (Wildman–Crippen LogP) is 3.86. The second-order valence-electron chi connectivity index (χ2n) is 7.24. The van der Waals surface area contributed by atoms with E-state index in [1.54, 1.807) is 18.0 Å². The molecule has 1 heterocycles. The van der Waals surface area contributed by atoms with Gasteiger partial charge in [-0.15, -0.1) is 11.8 Å². The molecule has 1 aromatic heterocycles. The third kappa shape index (κ3) is 7.70. The first kappa shape index (κ1) is 20.0. The molecule has 0 aliphatic carbocycles. The Morgan fingerprint density at radius 3 is 2.42 bits per heavy atom. The number of hydrogen-bond acceptors (Lipinski definition) is 4. The highest BCUT2D eigenvalue weighted by atomic mass is 32.2. The van der Waals surface area contributed by atoms with Gasteiger partial charge < -0.3 is 10.6 Å². The number of amides is 2. The molecule has 2 aromatic rings. The number of aromatic nitrogens is 1. The molecule has 2 rings (SSSR count). The van der Waals surface area contributed by atoms with Crippen LogP contribution in [0.15, 0.2) is 53.7 Å². The van der Waals surface area contributed by atoms with Gasteiger partial charge in [0.05, 0.1) is 6.54 Å². The summed E-state index contributed by atoms with van der Waals surface area (Å²) in [7, 11) is 0. The highest BCUT2D eigenvalue weighted by Crippen LogP contribution is 2.24. The van der Waals surface area contributed by atoms with E-state index < -0.39 is 0 Å². The minimum atomic E-state index is -0.233. The molecule has 138 valence electrons. The summed E-state index contributed by atoms with van der Waals surface area (Å²) in [5, 5.41) is 5.44. The minimum absolute atomic E-state index is 0.0214. The summed E-state index contributed by atoms with van der Waals surface area (Å²) in [6.07, 6.45) is 4.01. The molecule has 0 saturated carbocycles. The molecule has 6 heteroatoms. The van der Waals surface area contributed by atoms with Crippen LogP contribution in [0.4, 0.5) is 5.69 Å². The summed E-state index contributed by atoms with van der Waals surface area (Å²) in [6.45, 7) is 5.94. The molecule has 0 radical (unpaired) electrons. The predicted molar refractivity (Wildman–Crippen MR) is 106 cm³/mol. The van der Waals surface area contributed by atoms with Crippen LogP contribution in [0.3, 0.4) is 0 Å². The van der Waals surface area contributed by atoms with E-state index in [1.165, 1.54) is 5.56 Å². The molecule has 0 aliphatic rings. The zero-order valence-corrected chi connectivity index (χ0v) is 16.2.